The molecule has 1 aliphatic rings. The average Bonchev–Trinajstić information content (AvgIpc) is 2.96. The summed E-state index contributed by atoms with van der Waals surface area (Å²) in [6.45, 7) is 1.99. The molecule has 1 saturated heterocycles. The summed E-state index contributed by atoms with van der Waals surface area (Å²) in [7, 11) is 4.25. The van der Waals surface area contributed by atoms with Crippen LogP contribution in [0.25, 0.3) is 10.9 Å². The first-order valence-electron chi connectivity index (χ1n) is 6.84. The van der Waals surface area contributed by atoms with Gasteiger partial charge in [-0.3, -0.25) is 5.43 Å². The van der Waals surface area contributed by atoms with E-state index in [0.29, 0.717) is 12.0 Å². The van der Waals surface area contributed by atoms with Gasteiger partial charge in [0.2, 0.25) is 5.95 Å². The van der Waals surface area contributed by atoms with Gasteiger partial charge in [-0.25, -0.2) is 10.8 Å². The van der Waals surface area contributed by atoms with E-state index in [1.54, 1.807) is 0 Å². The number of hydrogen-bond donors (Lipinski definition) is 2. The number of nitrogen functional groups attached to an aromatic ring is 1. The number of nitrogens with one attached hydrogen (secondary N) is 1. The summed E-state index contributed by atoms with van der Waals surface area (Å²) in [5, 5.41) is 1.07. The van der Waals surface area contributed by atoms with Crippen LogP contribution in [-0.2, 0) is 0 Å². The van der Waals surface area contributed by atoms with Crippen molar-refractivity contribution in [1.29, 1.82) is 0 Å². The Kier molecular flexibility index (Phi) is 3.42. The molecule has 1 fully saturated rings. The van der Waals surface area contributed by atoms with Gasteiger partial charge < -0.3 is 9.80 Å². The smallest absolute Gasteiger partial charge is 0.239 e. The summed E-state index contributed by atoms with van der Waals surface area (Å²) >= 11 is 0. The molecule has 1 atom stereocenters. The summed E-state index contributed by atoms with van der Waals surface area (Å²) in [5.74, 6) is 6.91. The second-order valence-corrected chi connectivity index (χ2v) is 5.38. The van der Waals surface area contributed by atoms with Gasteiger partial charge in [-0.1, -0.05) is 12.1 Å². The molecule has 0 aliphatic carbocycles. The van der Waals surface area contributed by atoms with Crippen molar-refractivity contribution >= 4 is 22.7 Å². The van der Waals surface area contributed by atoms with Crippen molar-refractivity contribution in [2.75, 3.05) is 37.5 Å². The number of rotatable bonds is 3. The Hall–Kier alpha value is -1.92. The Morgan fingerprint density at radius 3 is 2.80 bits per heavy atom. The average molecular weight is 272 g/mol. The number of hydrogen-bond acceptors (Lipinski definition) is 6. The Balaban J connectivity index is 2.02. The van der Waals surface area contributed by atoms with Gasteiger partial charge in [0.25, 0.3) is 0 Å². The molecule has 1 aromatic carbocycles. The first-order chi connectivity index (χ1) is 9.69. The fraction of sp³-hybridized carbons (Fsp3) is 0.429. The largest absolute Gasteiger partial charge is 0.354 e. The van der Waals surface area contributed by atoms with E-state index < -0.39 is 0 Å². The van der Waals surface area contributed by atoms with Crippen LogP contribution < -0.4 is 16.2 Å². The van der Waals surface area contributed by atoms with Crippen molar-refractivity contribution in [3.63, 3.8) is 0 Å². The molecule has 2 aromatic rings. The molecule has 6 heteroatoms. The highest BCUT2D eigenvalue weighted by molar-refractivity contribution is 5.90. The molecule has 1 aromatic heterocycles. The number of nitrogens with zero attached hydrogens (tertiary/aromatic N) is 4. The summed E-state index contributed by atoms with van der Waals surface area (Å²) in [6, 6.07) is 8.61. The van der Waals surface area contributed by atoms with Crippen molar-refractivity contribution in [1.82, 2.24) is 14.9 Å². The number of aromatic nitrogens is 2. The predicted octanol–water partition coefficient (Wildman–Crippen LogP) is 1.06. The third kappa shape index (κ3) is 2.28. The van der Waals surface area contributed by atoms with E-state index in [9.17, 15) is 0 Å². The first kappa shape index (κ1) is 13.1. The molecule has 3 rings (SSSR count). The minimum Gasteiger partial charge on any atom is -0.354 e. The van der Waals surface area contributed by atoms with Crippen LogP contribution in [0.5, 0.6) is 0 Å². The number of likely N-dealkylation sites (N-methyl/N-ethyl adjacent to an activating group) is 1. The van der Waals surface area contributed by atoms with Gasteiger partial charge >= 0.3 is 0 Å². The van der Waals surface area contributed by atoms with Crippen molar-refractivity contribution in [3.8, 4) is 0 Å². The fourth-order valence-electron chi connectivity index (χ4n) is 2.72. The van der Waals surface area contributed by atoms with Gasteiger partial charge in [0, 0.05) is 24.5 Å². The topological polar surface area (TPSA) is 70.3 Å². The molecule has 106 valence electrons. The molecule has 0 radical (unpaired) electrons. The van der Waals surface area contributed by atoms with E-state index in [1.807, 2.05) is 18.2 Å². The highest BCUT2D eigenvalue weighted by Gasteiger charge is 2.26. The lowest BCUT2D eigenvalue weighted by Crippen LogP contribution is -2.32. The SMILES string of the molecule is CN(C)C1CCN(c2nc(NN)nc3ccccc23)C1. The number of para-hydroxylation sites is 1. The maximum absolute atomic E-state index is 5.48. The van der Waals surface area contributed by atoms with E-state index in [2.05, 4.69) is 45.4 Å². The maximum Gasteiger partial charge on any atom is 0.239 e. The Bertz CT molecular complexity index is 612. The number of anilines is 2. The van der Waals surface area contributed by atoms with E-state index >= 15 is 0 Å². The van der Waals surface area contributed by atoms with Gasteiger partial charge in [0.1, 0.15) is 5.82 Å². The molecule has 0 amide bonds. The highest BCUT2D eigenvalue weighted by Crippen LogP contribution is 2.28. The molecule has 1 aliphatic heterocycles. The van der Waals surface area contributed by atoms with Gasteiger partial charge in [-0.15, -0.1) is 0 Å². The van der Waals surface area contributed by atoms with E-state index in [0.717, 1.165) is 36.2 Å². The highest BCUT2D eigenvalue weighted by atomic mass is 15.3. The van der Waals surface area contributed by atoms with Crippen molar-refractivity contribution in [3.05, 3.63) is 24.3 Å². The Labute approximate surface area is 118 Å². The van der Waals surface area contributed by atoms with Gasteiger partial charge in [-0.2, -0.15) is 4.98 Å². The normalized spacial score (nSPS) is 19.0. The third-order valence-corrected chi connectivity index (χ3v) is 3.91. The summed E-state index contributed by atoms with van der Waals surface area (Å²) in [4.78, 5) is 13.5. The predicted molar refractivity (Wildman–Crippen MR) is 81.7 cm³/mol. The molecular weight excluding hydrogens is 252 g/mol. The van der Waals surface area contributed by atoms with Crippen LogP contribution in [0.4, 0.5) is 11.8 Å². The number of fused-ring (bicyclic) bond motifs is 1. The fourth-order valence-corrected chi connectivity index (χ4v) is 2.72. The number of benzene rings is 1. The van der Waals surface area contributed by atoms with E-state index in [1.165, 1.54) is 0 Å². The monoisotopic (exact) mass is 272 g/mol. The molecule has 0 saturated carbocycles. The van der Waals surface area contributed by atoms with Gasteiger partial charge in [0.05, 0.1) is 5.52 Å². The minimum atomic E-state index is 0.465. The zero-order valence-electron chi connectivity index (χ0n) is 11.9. The summed E-state index contributed by atoms with van der Waals surface area (Å²) in [6.07, 6.45) is 1.15. The van der Waals surface area contributed by atoms with Crippen LogP contribution in [0, 0.1) is 0 Å². The second kappa shape index (κ2) is 5.22. The second-order valence-electron chi connectivity index (χ2n) is 5.38. The van der Waals surface area contributed by atoms with Crippen molar-refractivity contribution in [2.45, 2.75) is 12.5 Å². The van der Waals surface area contributed by atoms with E-state index in [4.69, 9.17) is 5.84 Å². The van der Waals surface area contributed by atoms with Crippen LogP contribution >= 0.6 is 0 Å². The van der Waals surface area contributed by atoms with Crippen LogP contribution in [0.3, 0.4) is 0 Å². The Morgan fingerprint density at radius 1 is 1.30 bits per heavy atom. The molecule has 6 nitrogen and oxygen atoms in total. The van der Waals surface area contributed by atoms with Gasteiger partial charge in [0.15, 0.2) is 0 Å². The standard InChI is InChI=1S/C14H20N6/c1-19(2)10-7-8-20(9-10)13-11-5-3-4-6-12(11)16-14(17-13)18-15/h3-6,10H,7-9,15H2,1-2H3,(H,16,17,18). The molecule has 2 heterocycles. The number of hydrazine groups is 1. The Morgan fingerprint density at radius 2 is 2.10 bits per heavy atom. The van der Waals surface area contributed by atoms with Crippen LogP contribution in [-0.4, -0.2) is 48.1 Å². The van der Waals surface area contributed by atoms with Crippen LogP contribution in [0.1, 0.15) is 6.42 Å². The van der Waals surface area contributed by atoms with Crippen LogP contribution in [0.15, 0.2) is 24.3 Å². The molecule has 0 spiro atoms. The first-order valence-corrected chi connectivity index (χ1v) is 6.84. The summed E-state index contributed by atoms with van der Waals surface area (Å²) < 4.78 is 0. The minimum absolute atomic E-state index is 0.465. The zero-order valence-corrected chi connectivity index (χ0v) is 11.9. The maximum atomic E-state index is 5.48. The lowest BCUT2D eigenvalue weighted by molar-refractivity contribution is 0.315. The molecule has 20 heavy (non-hydrogen) atoms. The van der Waals surface area contributed by atoms with Gasteiger partial charge in [-0.05, 0) is 32.6 Å². The summed E-state index contributed by atoms with van der Waals surface area (Å²) in [5.41, 5.74) is 3.47. The lowest BCUT2D eigenvalue weighted by atomic mass is 10.2. The molecular formula is C14H20N6. The number of nitrogens with two attached hydrogens (primary N) is 1. The molecule has 1 unspecified atom stereocenters. The zero-order chi connectivity index (χ0) is 14.1. The van der Waals surface area contributed by atoms with Crippen LogP contribution in [0.2, 0.25) is 0 Å². The van der Waals surface area contributed by atoms with E-state index in [-0.39, 0.29) is 0 Å². The van der Waals surface area contributed by atoms with Crippen molar-refractivity contribution < 1.29 is 0 Å². The van der Waals surface area contributed by atoms with Crippen molar-refractivity contribution in [2.24, 2.45) is 5.84 Å². The lowest BCUT2D eigenvalue weighted by Gasteiger charge is -2.22. The molecule has 0 bridgehead atoms. The third-order valence-electron chi connectivity index (χ3n) is 3.91. The quantitative estimate of drug-likeness (QED) is 0.643. The molecule has 3 N–H and O–H groups in total.